The summed E-state index contributed by atoms with van der Waals surface area (Å²) >= 11 is 1.29. The molecule has 1 amide bonds. The third-order valence-electron chi connectivity index (χ3n) is 6.00. The van der Waals surface area contributed by atoms with E-state index >= 15 is 0 Å². The molecule has 0 aromatic carbocycles. The summed E-state index contributed by atoms with van der Waals surface area (Å²) in [6, 6.07) is 2.18. The predicted molar refractivity (Wildman–Crippen MR) is 104 cm³/mol. The second-order valence-electron chi connectivity index (χ2n) is 7.98. The molecule has 0 spiro atoms. The van der Waals surface area contributed by atoms with Gasteiger partial charge in [-0.1, -0.05) is 18.2 Å². The molecule has 0 radical (unpaired) electrons. The number of nitrogen functional groups attached to an aromatic ring is 1. The molecule has 27 heavy (non-hydrogen) atoms. The highest BCUT2D eigenvalue weighted by Crippen LogP contribution is 2.49. The van der Waals surface area contributed by atoms with E-state index in [1.807, 2.05) is 19.9 Å². The van der Waals surface area contributed by atoms with Crippen molar-refractivity contribution >= 4 is 17.7 Å². The zero-order valence-electron chi connectivity index (χ0n) is 16.1. The van der Waals surface area contributed by atoms with Crippen molar-refractivity contribution in [1.29, 1.82) is 0 Å². The molecule has 0 unspecified atom stereocenters. The van der Waals surface area contributed by atoms with Gasteiger partial charge in [-0.25, -0.2) is 9.36 Å². The summed E-state index contributed by atoms with van der Waals surface area (Å²) in [6.45, 7) is 5.99. The third-order valence-corrected chi connectivity index (χ3v) is 6.94. The third kappa shape index (κ3) is 3.56. The number of nitrogens with zero attached hydrogens (tertiary/aromatic N) is 5. The van der Waals surface area contributed by atoms with Gasteiger partial charge in [-0.2, -0.15) is 5.10 Å². The van der Waals surface area contributed by atoms with E-state index in [2.05, 4.69) is 27.5 Å². The molecular weight excluding hydrogens is 362 g/mol. The molecule has 2 heterocycles. The van der Waals surface area contributed by atoms with Crippen molar-refractivity contribution in [2.45, 2.75) is 57.7 Å². The average molecular weight is 390 g/mol. The minimum absolute atomic E-state index is 0.0194. The molecule has 4 rings (SSSR count). The number of aromatic nitrogens is 5. The lowest BCUT2D eigenvalue weighted by Gasteiger charge is -2.28. The van der Waals surface area contributed by atoms with Crippen molar-refractivity contribution in [3.05, 3.63) is 17.5 Å². The first-order valence-electron chi connectivity index (χ1n) is 9.58. The molecule has 146 valence electrons. The Hall–Kier alpha value is -2.03. The Morgan fingerprint density at radius 1 is 1.37 bits per heavy atom. The van der Waals surface area contributed by atoms with E-state index in [-0.39, 0.29) is 17.7 Å². The summed E-state index contributed by atoms with van der Waals surface area (Å²) in [5.41, 5.74) is 1.82. The first-order chi connectivity index (χ1) is 12.9. The summed E-state index contributed by atoms with van der Waals surface area (Å²) in [7, 11) is 0. The quantitative estimate of drug-likeness (QED) is 0.577. The fraction of sp³-hybridized carbons (Fsp3) is 0.667. The lowest BCUT2D eigenvalue weighted by molar-refractivity contribution is -0.119. The maximum atomic E-state index is 12.4. The SMILES string of the molecule is Cc1cc(C)n(-c2nnc(SCC(=O)N[C@@H](C)[C@H]3C[C@H]4CC[C@H]3C4)n2N)n1. The molecule has 2 bridgehead atoms. The van der Waals surface area contributed by atoms with Gasteiger partial charge in [-0.3, -0.25) is 4.79 Å². The first-order valence-corrected chi connectivity index (χ1v) is 10.6. The zero-order valence-corrected chi connectivity index (χ0v) is 16.9. The fourth-order valence-corrected chi connectivity index (χ4v) is 5.45. The number of nitrogens with one attached hydrogen (secondary N) is 1. The van der Waals surface area contributed by atoms with Gasteiger partial charge in [0, 0.05) is 11.7 Å². The topological polar surface area (TPSA) is 104 Å². The summed E-state index contributed by atoms with van der Waals surface area (Å²) in [6.07, 6.45) is 5.32. The molecule has 0 aliphatic heterocycles. The molecule has 3 N–H and O–H groups in total. The second kappa shape index (κ2) is 7.18. The van der Waals surface area contributed by atoms with Gasteiger partial charge in [0.05, 0.1) is 11.4 Å². The number of amides is 1. The van der Waals surface area contributed by atoms with E-state index in [1.54, 1.807) is 4.68 Å². The van der Waals surface area contributed by atoms with E-state index in [9.17, 15) is 4.79 Å². The van der Waals surface area contributed by atoms with Crippen LogP contribution in [0.4, 0.5) is 0 Å². The first kappa shape index (κ1) is 18.3. The molecule has 2 aromatic heterocycles. The van der Waals surface area contributed by atoms with Crippen molar-refractivity contribution in [1.82, 2.24) is 30.0 Å². The van der Waals surface area contributed by atoms with Gasteiger partial charge in [-0.15, -0.1) is 10.2 Å². The lowest BCUT2D eigenvalue weighted by atomic mass is 9.84. The number of fused-ring (bicyclic) bond motifs is 2. The summed E-state index contributed by atoms with van der Waals surface area (Å²) in [5, 5.41) is 16.3. The largest absolute Gasteiger partial charge is 0.353 e. The van der Waals surface area contributed by atoms with E-state index < -0.39 is 0 Å². The minimum atomic E-state index is 0.0194. The highest BCUT2D eigenvalue weighted by atomic mass is 32.2. The monoisotopic (exact) mass is 389 g/mol. The number of carbonyl (C=O) groups excluding carboxylic acids is 1. The van der Waals surface area contributed by atoms with Crippen LogP contribution in [0, 0.1) is 31.6 Å². The van der Waals surface area contributed by atoms with Crippen LogP contribution in [0.1, 0.15) is 44.0 Å². The number of rotatable bonds is 6. The molecule has 9 heteroatoms. The fourth-order valence-electron chi connectivity index (χ4n) is 4.78. The minimum Gasteiger partial charge on any atom is -0.353 e. The lowest BCUT2D eigenvalue weighted by Crippen LogP contribution is -2.41. The summed E-state index contributed by atoms with van der Waals surface area (Å²) in [5.74, 6) is 9.18. The van der Waals surface area contributed by atoms with Crippen LogP contribution in [0.5, 0.6) is 0 Å². The number of hydrogen-bond acceptors (Lipinski definition) is 6. The van der Waals surface area contributed by atoms with Gasteiger partial charge < -0.3 is 11.2 Å². The standard InChI is InChI=1S/C18H27N7OS/c1-10-6-11(2)25(23-10)17-21-22-18(24(17)19)27-9-16(26)20-12(3)15-8-13-4-5-14(15)7-13/h6,12-15H,4-5,7-9,19H2,1-3H3,(H,20,26)/t12-,13-,14-,15+/m0/s1. The number of carbonyl (C=O) groups is 1. The van der Waals surface area contributed by atoms with Crippen molar-refractivity contribution in [2.24, 2.45) is 17.8 Å². The number of nitrogens with two attached hydrogens (primary N) is 1. The van der Waals surface area contributed by atoms with Gasteiger partial charge >= 0.3 is 0 Å². The maximum Gasteiger partial charge on any atom is 0.271 e. The van der Waals surface area contributed by atoms with E-state index in [1.165, 1.54) is 42.1 Å². The van der Waals surface area contributed by atoms with E-state index in [4.69, 9.17) is 5.84 Å². The second-order valence-corrected chi connectivity index (χ2v) is 8.92. The molecule has 2 fully saturated rings. The van der Waals surface area contributed by atoms with Crippen molar-refractivity contribution in [3.8, 4) is 5.95 Å². The molecule has 4 atom stereocenters. The predicted octanol–water partition coefficient (Wildman–Crippen LogP) is 1.83. The van der Waals surface area contributed by atoms with E-state index in [0.717, 1.165) is 23.2 Å². The van der Waals surface area contributed by atoms with Crippen LogP contribution in [-0.4, -0.2) is 42.4 Å². The Kier molecular flexibility index (Phi) is 4.88. The maximum absolute atomic E-state index is 12.4. The van der Waals surface area contributed by atoms with Gasteiger partial charge in [0.25, 0.3) is 5.95 Å². The Morgan fingerprint density at radius 2 is 2.19 bits per heavy atom. The molecule has 2 aromatic rings. The van der Waals surface area contributed by atoms with Crippen LogP contribution < -0.4 is 11.2 Å². The average Bonchev–Trinajstić information content (AvgIpc) is 3.38. The van der Waals surface area contributed by atoms with Crippen LogP contribution in [0.2, 0.25) is 0 Å². The Labute approximate surface area is 163 Å². The molecule has 0 saturated heterocycles. The van der Waals surface area contributed by atoms with Crippen LogP contribution in [0.15, 0.2) is 11.2 Å². The Bertz CT molecular complexity index is 845. The molecule has 2 saturated carbocycles. The zero-order chi connectivity index (χ0) is 19.1. The van der Waals surface area contributed by atoms with Crippen LogP contribution in [-0.2, 0) is 4.79 Å². The summed E-state index contributed by atoms with van der Waals surface area (Å²) in [4.78, 5) is 12.4. The summed E-state index contributed by atoms with van der Waals surface area (Å²) < 4.78 is 3.04. The van der Waals surface area contributed by atoms with Gasteiger partial charge in [0.15, 0.2) is 0 Å². The van der Waals surface area contributed by atoms with Crippen LogP contribution >= 0.6 is 11.8 Å². The van der Waals surface area contributed by atoms with Gasteiger partial charge in [0.1, 0.15) is 0 Å². The number of thioether (sulfide) groups is 1. The van der Waals surface area contributed by atoms with Crippen molar-refractivity contribution < 1.29 is 4.79 Å². The molecular formula is C18H27N7OS. The van der Waals surface area contributed by atoms with Crippen molar-refractivity contribution in [3.63, 3.8) is 0 Å². The van der Waals surface area contributed by atoms with Gasteiger partial charge in [-0.05, 0) is 63.9 Å². The van der Waals surface area contributed by atoms with Crippen LogP contribution in [0.25, 0.3) is 5.95 Å². The molecule has 8 nitrogen and oxygen atoms in total. The van der Waals surface area contributed by atoms with Crippen LogP contribution in [0.3, 0.4) is 0 Å². The van der Waals surface area contributed by atoms with E-state index in [0.29, 0.717) is 17.0 Å². The van der Waals surface area contributed by atoms with Crippen molar-refractivity contribution in [2.75, 3.05) is 11.6 Å². The number of aryl methyl sites for hydroxylation is 2. The highest BCUT2D eigenvalue weighted by Gasteiger charge is 2.42. The smallest absolute Gasteiger partial charge is 0.271 e. The number of hydrogen-bond donors (Lipinski definition) is 2. The van der Waals surface area contributed by atoms with Gasteiger partial charge in [0.2, 0.25) is 11.1 Å². The Morgan fingerprint density at radius 3 is 2.81 bits per heavy atom. The highest BCUT2D eigenvalue weighted by molar-refractivity contribution is 7.99. The Balaban J connectivity index is 1.33. The molecule has 2 aliphatic rings. The normalized spacial score (nSPS) is 25.1. The molecule has 2 aliphatic carbocycles.